The fourth-order valence-electron chi connectivity index (χ4n) is 6.00. The Hall–Kier alpha value is -5.81. The van der Waals surface area contributed by atoms with E-state index in [0.29, 0.717) is 17.5 Å². The summed E-state index contributed by atoms with van der Waals surface area (Å²) in [6.07, 6.45) is 0. The highest BCUT2D eigenvalue weighted by Crippen LogP contribution is 2.39. The van der Waals surface area contributed by atoms with Gasteiger partial charge in [-0.1, -0.05) is 97.1 Å². The first-order valence-electron chi connectivity index (χ1n) is 13.9. The van der Waals surface area contributed by atoms with Crippen LogP contribution in [0.1, 0.15) is 0 Å². The van der Waals surface area contributed by atoms with Gasteiger partial charge in [0.2, 0.25) is 0 Å². The van der Waals surface area contributed by atoms with Crippen LogP contribution in [0, 0.1) is 0 Å². The molecule has 5 nitrogen and oxygen atoms in total. The zero-order chi connectivity index (χ0) is 27.6. The van der Waals surface area contributed by atoms with Crippen molar-refractivity contribution < 1.29 is 8.83 Å². The lowest BCUT2D eigenvalue weighted by molar-refractivity contribution is 0.668. The van der Waals surface area contributed by atoms with Crippen molar-refractivity contribution >= 4 is 54.6 Å². The lowest BCUT2D eigenvalue weighted by Gasteiger charge is -2.10. The minimum Gasteiger partial charge on any atom is -0.456 e. The summed E-state index contributed by atoms with van der Waals surface area (Å²) in [4.78, 5) is 15.3. The number of para-hydroxylation sites is 2. The van der Waals surface area contributed by atoms with Crippen LogP contribution in [0.4, 0.5) is 0 Å². The molecule has 0 saturated carbocycles. The maximum Gasteiger partial charge on any atom is 0.164 e. The van der Waals surface area contributed by atoms with Crippen LogP contribution >= 0.6 is 0 Å². The Morgan fingerprint density at radius 1 is 0.381 bits per heavy atom. The molecule has 0 spiro atoms. The van der Waals surface area contributed by atoms with E-state index >= 15 is 0 Å². The van der Waals surface area contributed by atoms with Gasteiger partial charge in [-0.3, -0.25) is 0 Å². The van der Waals surface area contributed by atoms with Crippen molar-refractivity contribution in [3.63, 3.8) is 0 Å². The van der Waals surface area contributed by atoms with E-state index in [0.717, 1.165) is 66.0 Å². The predicted octanol–water partition coefficient (Wildman–Crippen LogP) is 9.82. The van der Waals surface area contributed by atoms with Crippen molar-refractivity contribution in [2.24, 2.45) is 0 Å². The Morgan fingerprint density at radius 3 is 1.50 bits per heavy atom. The van der Waals surface area contributed by atoms with Gasteiger partial charge >= 0.3 is 0 Å². The van der Waals surface area contributed by atoms with Crippen LogP contribution in [0.3, 0.4) is 0 Å². The van der Waals surface area contributed by atoms with E-state index in [1.54, 1.807) is 0 Å². The summed E-state index contributed by atoms with van der Waals surface area (Å²) in [5.74, 6) is 1.78. The van der Waals surface area contributed by atoms with Crippen LogP contribution in [0.2, 0.25) is 0 Å². The molecule has 6 aromatic carbocycles. The number of rotatable bonds is 3. The van der Waals surface area contributed by atoms with Crippen LogP contribution in [0.25, 0.3) is 88.8 Å². The zero-order valence-electron chi connectivity index (χ0n) is 22.3. The van der Waals surface area contributed by atoms with Crippen LogP contribution in [-0.2, 0) is 0 Å². The van der Waals surface area contributed by atoms with Gasteiger partial charge in [0, 0.05) is 38.2 Å². The second kappa shape index (κ2) is 8.85. The van der Waals surface area contributed by atoms with Gasteiger partial charge in [-0.25, -0.2) is 15.0 Å². The van der Waals surface area contributed by atoms with E-state index in [2.05, 4.69) is 54.6 Å². The highest BCUT2D eigenvalue weighted by Gasteiger charge is 2.20. The first-order chi connectivity index (χ1) is 20.8. The van der Waals surface area contributed by atoms with E-state index < -0.39 is 0 Å². The SMILES string of the molecule is c1ccc2cc(-c3nc(-c4cccc5oc6ccccc6c45)nc(-c4cccc5oc6ccccc6c45)n3)ccc2c1. The lowest BCUT2D eigenvalue weighted by Crippen LogP contribution is -2.00. The van der Waals surface area contributed by atoms with E-state index in [1.165, 1.54) is 5.39 Å². The lowest BCUT2D eigenvalue weighted by atomic mass is 10.0. The largest absolute Gasteiger partial charge is 0.456 e. The molecular weight excluding hydrogens is 518 g/mol. The Bertz CT molecular complexity index is 2360. The first-order valence-corrected chi connectivity index (χ1v) is 13.9. The number of fused-ring (bicyclic) bond motifs is 7. The summed E-state index contributed by atoms with van der Waals surface area (Å²) >= 11 is 0. The summed E-state index contributed by atoms with van der Waals surface area (Å²) in [7, 11) is 0. The molecule has 0 aliphatic heterocycles. The molecule has 0 radical (unpaired) electrons. The van der Waals surface area contributed by atoms with Crippen LogP contribution in [-0.4, -0.2) is 15.0 Å². The minimum absolute atomic E-state index is 0.588. The average molecular weight is 540 g/mol. The van der Waals surface area contributed by atoms with Gasteiger partial charge in [0.15, 0.2) is 17.5 Å². The van der Waals surface area contributed by atoms with Crippen molar-refractivity contribution in [2.75, 3.05) is 0 Å². The minimum atomic E-state index is 0.588. The fourth-order valence-corrected chi connectivity index (χ4v) is 6.00. The number of benzene rings is 6. The number of nitrogens with zero attached hydrogens (tertiary/aromatic N) is 3. The second-order valence-electron chi connectivity index (χ2n) is 10.4. The molecule has 0 bridgehead atoms. The molecule has 0 aliphatic rings. The molecule has 0 fully saturated rings. The zero-order valence-corrected chi connectivity index (χ0v) is 22.3. The van der Waals surface area contributed by atoms with Gasteiger partial charge in [0.1, 0.15) is 22.3 Å². The topological polar surface area (TPSA) is 65.0 Å². The van der Waals surface area contributed by atoms with Crippen molar-refractivity contribution in [3.05, 3.63) is 127 Å². The molecule has 5 heteroatoms. The van der Waals surface area contributed by atoms with Crippen LogP contribution in [0.5, 0.6) is 0 Å². The van der Waals surface area contributed by atoms with E-state index in [-0.39, 0.29) is 0 Å². The molecule has 42 heavy (non-hydrogen) atoms. The average Bonchev–Trinajstić information content (AvgIpc) is 3.63. The van der Waals surface area contributed by atoms with E-state index in [9.17, 15) is 0 Å². The van der Waals surface area contributed by atoms with Gasteiger partial charge in [0.05, 0.1) is 0 Å². The molecule has 9 aromatic rings. The fraction of sp³-hybridized carbons (Fsp3) is 0. The molecular formula is C37H21N3O2. The maximum atomic E-state index is 6.20. The number of aromatic nitrogens is 3. The second-order valence-corrected chi connectivity index (χ2v) is 10.4. The smallest absolute Gasteiger partial charge is 0.164 e. The molecule has 0 aliphatic carbocycles. The molecule has 196 valence electrons. The number of hydrogen-bond acceptors (Lipinski definition) is 5. The standard InChI is InChI=1S/C37H21N3O2/c1-2-10-23-21-24(20-19-22(23)9-1)35-38-36(27-13-7-17-31-33(27)25-11-3-5-15-29(25)41-31)40-37(39-35)28-14-8-18-32-34(28)26-12-4-6-16-30(26)42-32/h1-21H. The van der Waals surface area contributed by atoms with Crippen molar-refractivity contribution in [2.45, 2.75) is 0 Å². The first kappa shape index (κ1) is 22.9. The van der Waals surface area contributed by atoms with Crippen molar-refractivity contribution in [3.8, 4) is 34.2 Å². The summed E-state index contributed by atoms with van der Waals surface area (Å²) in [5, 5.41) is 6.33. The number of hydrogen-bond donors (Lipinski definition) is 0. The van der Waals surface area contributed by atoms with Gasteiger partial charge in [-0.05, 0) is 41.1 Å². The quantitative estimate of drug-likeness (QED) is 0.224. The monoisotopic (exact) mass is 539 g/mol. The predicted molar refractivity (Wildman–Crippen MR) is 168 cm³/mol. The Morgan fingerprint density at radius 2 is 0.881 bits per heavy atom. The number of furan rings is 2. The Labute approximate surface area is 239 Å². The van der Waals surface area contributed by atoms with Gasteiger partial charge in [0.25, 0.3) is 0 Å². The van der Waals surface area contributed by atoms with Gasteiger partial charge in [-0.2, -0.15) is 0 Å². The molecule has 0 amide bonds. The highest BCUT2D eigenvalue weighted by atomic mass is 16.3. The third kappa shape index (κ3) is 3.47. The van der Waals surface area contributed by atoms with E-state index in [1.807, 2.05) is 72.8 Å². The summed E-state index contributed by atoms with van der Waals surface area (Å²) in [6.45, 7) is 0. The van der Waals surface area contributed by atoms with Crippen molar-refractivity contribution in [1.29, 1.82) is 0 Å². The van der Waals surface area contributed by atoms with Crippen LogP contribution in [0.15, 0.2) is 136 Å². The van der Waals surface area contributed by atoms with Gasteiger partial charge in [-0.15, -0.1) is 0 Å². The third-order valence-corrected chi connectivity index (χ3v) is 7.93. The van der Waals surface area contributed by atoms with E-state index in [4.69, 9.17) is 23.8 Å². The highest BCUT2D eigenvalue weighted by molar-refractivity contribution is 6.13. The molecule has 3 heterocycles. The molecule has 0 unspecified atom stereocenters. The maximum absolute atomic E-state index is 6.20. The molecule has 0 atom stereocenters. The Kier molecular flexibility index (Phi) is 4.83. The normalized spacial score (nSPS) is 11.8. The summed E-state index contributed by atoms with van der Waals surface area (Å²) in [6, 6.07) is 42.9. The summed E-state index contributed by atoms with van der Waals surface area (Å²) < 4.78 is 12.4. The van der Waals surface area contributed by atoms with Crippen molar-refractivity contribution in [1.82, 2.24) is 15.0 Å². The molecule has 0 saturated heterocycles. The third-order valence-electron chi connectivity index (χ3n) is 7.93. The Balaban J connectivity index is 1.36. The molecule has 0 N–H and O–H groups in total. The summed E-state index contributed by atoms with van der Waals surface area (Å²) in [5.41, 5.74) is 5.97. The van der Waals surface area contributed by atoms with Gasteiger partial charge < -0.3 is 8.83 Å². The van der Waals surface area contributed by atoms with Crippen LogP contribution < -0.4 is 0 Å². The molecule has 3 aromatic heterocycles. The molecule has 9 rings (SSSR count).